The molecule has 0 fully saturated rings. The summed E-state index contributed by atoms with van der Waals surface area (Å²) in [5.41, 5.74) is 9.29. The zero-order valence-electron chi connectivity index (χ0n) is 22.5. The molecule has 0 amide bonds. The molecule has 0 heterocycles. The predicted molar refractivity (Wildman–Crippen MR) is 134 cm³/mol. The molecule has 8 atom stereocenters. The first-order chi connectivity index (χ1) is 13.3. The Labute approximate surface area is 185 Å². The van der Waals surface area contributed by atoms with Gasteiger partial charge in [0, 0.05) is 0 Å². The van der Waals surface area contributed by atoms with Crippen LogP contribution in [0.2, 0.25) is 0 Å². The quantitative estimate of drug-likeness (QED) is 0.304. The van der Waals surface area contributed by atoms with Crippen molar-refractivity contribution in [2.45, 2.75) is 103 Å². The number of rotatable bonds is 13. The first-order valence-electron chi connectivity index (χ1n) is 12.7. The highest BCUT2D eigenvalue weighted by Crippen LogP contribution is 2.40. The van der Waals surface area contributed by atoms with E-state index in [0.29, 0.717) is 23.7 Å². The fourth-order valence-corrected chi connectivity index (χ4v) is 5.16. The van der Waals surface area contributed by atoms with Gasteiger partial charge in [-0.05, 0) is 85.5 Å². The molecular weight excluding hydrogens is 350 g/mol. The van der Waals surface area contributed by atoms with E-state index in [4.69, 9.17) is 5.73 Å². The van der Waals surface area contributed by atoms with E-state index in [2.05, 4.69) is 90.0 Å². The Hall–Kier alpha value is -0.300. The van der Waals surface area contributed by atoms with Gasteiger partial charge in [0.1, 0.15) is 0 Å². The highest BCUT2D eigenvalue weighted by molar-refractivity contribution is 5.19. The summed E-state index contributed by atoms with van der Waals surface area (Å²) in [6.45, 7) is 32.5. The van der Waals surface area contributed by atoms with Gasteiger partial charge in [-0.25, -0.2) is 0 Å². The molecular formula is C28H57N. The maximum absolute atomic E-state index is 5.94. The van der Waals surface area contributed by atoms with Gasteiger partial charge in [0.25, 0.3) is 0 Å². The van der Waals surface area contributed by atoms with Crippen molar-refractivity contribution in [3.05, 3.63) is 11.1 Å². The van der Waals surface area contributed by atoms with Crippen molar-refractivity contribution in [1.82, 2.24) is 0 Å². The summed E-state index contributed by atoms with van der Waals surface area (Å²) in [5.74, 6) is 7.15. The van der Waals surface area contributed by atoms with Gasteiger partial charge >= 0.3 is 0 Å². The minimum absolute atomic E-state index is 0.627. The van der Waals surface area contributed by atoms with E-state index < -0.39 is 0 Å². The van der Waals surface area contributed by atoms with Crippen LogP contribution in [0.15, 0.2) is 11.1 Å². The zero-order valence-corrected chi connectivity index (χ0v) is 22.5. The second-order valence-corrected chi connectivity index (χ2v) is 11.3. The van der Waals surface area contributed by atoms with E-state index in [9.17, 15) is 0 Å². The average molecular weight is 408 g/mol. The molecule has 0 aromatic carbocycles. The van der Waals surface area contributed by atoms with Crippen molar-refractivity contribution in [2.24, 2.45) is 64.9 Å². The van der Waals surface area contributed by atoms with Gasteiger partial charge < -0.3 is 5.73 Å². The third-order valence-electron chi connectivity index (χ3n) is 9.39. The van der Waals surface area contributed by atoms with Crippen molar-refractivity contribution < 1.29 is 0 Å². The second-order valence-electron chi connectivity index (χ2n) is 11.3. The molecule has 1 nitrogen and oxygen atoms in total. The van der Waals surface area contributed by atoms with Crippen molar-refractivity contribution in [2.75, 3.05) is 6.54 Å². The minimum atomic E-state index is 0.627. The Morgan fingerprint density at radius 1 is 0.552 bits per heavy atom. The van der Waals surface area contributed by atoms with Gasteiger partial charge in [0.2, 0.25) is 0 Å². The molecule has 0 rings (SSSR count). The SMILES string of the molecule is C/C(=C(/CCCN)C(C)C(C)C(C)C(C)C(C)C(C)C)C(C)C(C)C(C)C(C)C. The number of hydrogen-bond donors (Lipinski definition) is 1. The molecule has 0 aromatic rings. The van der Waals surface area contributed by atoms with Crippen molar-refractivity contribution in [1.29, 1.82) is 0 Å². The Kier molecular flexibility index (Phi) is 13.0. The number of allylic oxidation sites excluding steroid dienone is 2. The molecule has 0 aliphatic heterocycles. The zero-order chi connectivity index (χ0) is 23.0. The van der Waals surface area contributed by atoms with E-state index in [1.807, 2.05) is 0 Å². The molecule has 2 N–H and O–H groups in total. The monoisotopic (exact) mass is 407 g/mol. The van der Waals surface area contributed by atoms with Crippen molar-refractivity contribution >= 4 is 0 Å². The fraction of sp³-hybridized carbons (Fsp3) is 0.929. The molecule has 8 unspecified atom stereocenters. The van der Waals surface area contributed by atoms with Crippen LogP contribution in [0.4, 0.5) is 0 Å². The number of hydrogen-bond acceptors (Lipinski definition) is 1. The van der Waals surface area contributed by atoms with Gasteiger partial charge in [0.05, 0.1) is 0 Å². The van der Waals surface area contributed by atoms with E-state index in [0.717, 1.165) is 48.5 Å². The van der Waals surface area contributed by atoms with E-state index >= 15 is 0 Å². The van der Waals surface area contributed by atoms with Crippen LogP contribution < -0.4 is 5.73 Å². The normalized spacial score (nSPS) is 21.9. The summed E-state index contributed by atoms with van der Waals surface area (Å²) in [5, 5.41) is 0. The van der Waals surface area contributed by atoms with Gasteiger partial charge in [-0.3, -0.25) is 0 Å². The van der Waals surface area contributed by atoms with E-state index in [-0.39, 0.29) is 0 Å². The Bertz CT molecular complexity index is 475. The lowest BCUT2D eigenvalue weighted by Crippen LogP contribution is -2.30. The van der Waals surface area contributed by atoms with Crippen LogP contribution in [0.25, 0.3) is 0 Å². The largest absolute Gasteiger partial charge is 0.330 e. The van der Waals surface area contributed by atoms with Crippen LogP contribution in [0.5, 0.6) is 0 Å². The van der Waals surface area contributed by atoms with E-state index in [1.54, 1.807) is 11.1 Å². The standard InChI is InChI=1S/C28H57N/c1-17(2)19(5)21(7)23(9)25(11)27(13)28(15-14-16-29)26(12)24(10)22(8)20(6)18(3)4/h17-25,27H,14-16,29H2,1-13H3/b28-26+. The minimum Gasteiger partial charge on any atom is -0.330 e. The lowest BCUT2D eigenvalue weighted by atomic mass is 9.67. The van der Waals surface area contributed by atoms with Crippen LogP contribution >= 0.6 is 0 Å². The summed E-state index contributed by atoms with van der Waals surface area (Å²) in [4.78, 5) is 0. The van der Waals surface area contributed by atoms with Gasteiger partial charge in [0.15, 0.2) is 0 Å². The third-order valence-corrected chi connectivity index (χ3v) is 9.39. The van der Waals surface area contributed by atoms with Crippen molar-refractivity contribution in [3.8, 4) is 0 Å². The maximum atomic E-state index is 5.94. The molecule has 29 heavy (non-hydrogen) atoms. The highest BCUT2D eigenvalue weighted by Gasteiger charge is 2.31. The lowest BCUT2D eigenvalue weighted by molar-refractivity contribution is 0.152. The lowest BCUT2D eigenvalue weighted by Gasteiger charge is -2.38. The molecule has 0 radical (unpaired) electrons. The number of nitrogens with two attached hydrogens (primary N) is 1. The first kappa shape index (κ1) is 28.7. The summed E-state index contributed by atoms with van der Waals surface area (Å²) < 4.78 is 0. The van der Waals surface area contributed by atoms with Gasteiger partial charge in [-0.2, -0.15) is 0 Å². The van der Waals surface area contributed by atoms with Crippen LogP contribution in [0.1, 0.15) is 103 Å². The molecule has 0 bridgehead atoms. The Balaban J connectivity index is 5.74. The fourth-order valence-electron chi connectivity index (χ4n) is 5.16. The molecule has 0 saturated heterocycles. The molecule has 0 aliphatic carbocycles. The molecule has 0 aromatic heterocycles. The summed E-state index contributed by atoms with van der Waals surface area (Å²) >= 11 is 0. The first-order valence-corrected chi connectivity index (χ1v) is 12.7. The highest BCUT2D eigenvalue weighted by atomic mass is 14.5. The topological polar surface area (TPSA) is 26.0 Å². The van der Waals surface area contributed by atoms with Crippen LogP contribution in [-0.2, 0) is 0 Å². The molecule has 174 valence electrons. The maximum Gasteiger partial charge on any atom is -0.00742 e. The van der Waals surface area contributed by atoms with Crippen molar-refractivity contribution in [3.63, 3.8) is 0 Å². The van der Waals surface area contributed by atoms with Gasteiger partial charge in [-0.1, -0.05) is 94.2 Å². The predicted octanol–water partition coefficient (Wildman–Crippen LogP) is 8.44. The molecule has 0 aliphatic rings. The van der Waals surface area contributed by atoms with E-state index in [1.165, 1.54) is 6.42 Å². The second kappa shape index (κ2) is 13.2. The van der Waals surface area contributed by atoms with Gasteiger partial charge in [-0.15, -0.1) is 0 Å². The summed E-state index contributed by atoms with van der Waals surface area (Å²) in [6, 6.07) is 0. The smallest absolute Gasteiger partial charge is 0.00742 e. The summed E-state index contributed by atoms with van der Waals surface area (Å²) in [6.07, 6.45) is 2.28. The van der Waals surface area contributed by atoms with Crippen LogP contribution in [-0.4, -0.2) is 6.54 Å². The average Bonchev–Trinajstić information content (AvgIpc) is 2.69. The van der Waals surface area contributed by atoms with Crippen LogP contribution in [0.3, 0.4) is 0 Å². The third kappa shape index (κ3) is 8.04. The van der Waals surface area contributed by atoms with Crippen LogP contribution in [0, 0.1) is 59.2 Å². The molecule has 0 spiro atoms. The summed E-state index contributed by atoms with van der Waals surface area (Å²) in [7, 11) is 0. The molecule has 0 saturated carbocycles. The Morgan fingerprint density at radius 2 is 0.931 bits per heavy atom. The molecule has 1 heteroatoms. The Morgan fingerprint density at radius 3 is 1.34 bits per heavy atom.